The zero-order chi connectivity index (χ0) is 32.3. The molecule has 11 nitrogen and oxygen atoms in total. The van der Waals surface area contributed by atoms with E-state index in [0.717, 1.165) is 19.1 Å². The molecule has 4 atom stereocenters. The number of carbonyl (C=O) groups excluding carboxylic acids is 2. The molecule has 3 aromatic rings. The van der Waals surface area contributed by atoms with E-state index < -0.39 is 45.9 Å². The number of benzene rings is 3. The minimum absolute atomic E-state index is 0.0483. The van der Waals surface area contributed by atoms with Crippen molar-refractivity contribution < 1.29 is 37.5 Å². The van der Waals surface area contributed by atoms with Gasteiger partial charge in [0.2, 0.25) is 10.0 Å². The fourth-order valence-electron chi connectivity index (χ4n) is 6.34. The first-order valence-electron chi connectivity index (χ1n) is 14.4. The molecule has 2 amide bonds. The maximum Gasteiger partial charge on any atom is 0.339 e. The van der Waals surface area contributed by atoms with Gasteiger partial charge >= 0.3 is 5.97 Å². The molecule has 0 radical (unpaired) electrons. The van der Waals surface area contributed by atoms with Crippen molar-refractivity contribution >= 4 is 39.4 Å². The number of sulfonamides is 1. The van der Waals surface area contributed by atoms with Gasteiger partial charge in [-0.15, -0.1) is 0 Å². The van der Waals surface area contributed by atoms with Crippen molar-refractivity contribution in [3.63, 3.8) is 0 Å². The molecule has 1 heterocycles. The van der Waals surface area contributed by atoms with Gasteiger partial charge < -0.3 is 14.7 Å². The van der Waals surface area contributed by atoms with Crippen LogP contribution in [0, 0.1) is 0 Å². The third kappa shape index (κ3) is 7.14. The lowest BCUT2D eigenvalue weighted by Crippen LogP contribution is -2.59. The normalized spacial score (nSPS) is 21.6. The number of carboxylic acid groups (broad SMARTS) is 1. The average molecular weight is 656 g/mol. The van der Waals surface area contributed by atoms with E-state index in [1.807, 2.05) is 0 Å². The number of rotatable bonds is 10. The highest BCUT2D eigenvalue weighted by atomic mass is 35.5. The van der Waals surface area contributed by atoms with Crippen molar-refractivity contribution in [2.75, 3.05) is 13.4 Å². The van der Waals surface area contributed by atoms with Crippen molar-refractivity contribution in [3.8, 4) is 5.75 Å². The molecule has 2 aliphatic rings. The lowest BCUT2D eigenvalue weighted by Gasteiger charge is -2.49. The van der Waals surface area contributed by atoms with Gasteiger partial charge in [0.05, 0.1) is 31.9 Å². The second-order valence-corrected chi connectivity index (χ2v) is 13.4. The first kappa shape index (κ1) is 32.4. The van der Waals surface area contributed by atoms with Gasteiger partial charge in [-0.25, -0.2) is 23.4 Å². The summed E-state index contributed by atoms with van der Waals surface area (Å²) in [6, 6.07) is 16.4. The molecule has 5 rings (SSSR count). The van der Waals surface area contributed by atoms with Crippen molar-refractivity contribution in [3.05, 3.63) is 99.6 Å². The monoisotopic (exact) mass is 655 g/mol. The van der Waals surface area contributed by atoms with Gasteiger partial charge in [0.1, 0.15) is 11.3 Å². The highest BCUT2D eigenvalue weighted by molar-refractivity contribution is 7.88. The largest absolute Gasteiger partial charge is 0.496 e. The molecule has 13 heteroatoms. The molecule has 0 saturated heterocycles. The van der Waals surface area contributed by atoms with Crippen molar-refractivity contribution in [2.24, 2.45) is 0 Å². The van der Waals surface area contributed by atoms with Crippen LogP contribution in [0.4, 0.5) is 0 Å². The SMILES string of the molecule is COc1ccc(CONC(=O)[C@@H]2c3ccccc3C(=O)N([C@H]3CCCC[C@@H]3NS(C)(=O)=O)[C@H]2c2ccc(Cl)cc2)cc1C(=O)O. The number of nitrogens with zero attached hydrogens (tertiary/aromatic N) is 1. The molecule has 1 aliphatic heterocycles. The summed E-state index contributed by atoms with van der Waals surface area (Å²) in [4.78, 5) is 47.3. The zero-order valence-corrected chi connectivity index (χ0v) is 26.3. The Bertz CT molecular complexity index is 1700. The molecule has 0 bridgehead atoms. The van der Waals surface area contributed by atoms with E-state index in [-0.39, 0.29) is 23.8 Å². The molecule has 0 spiro atoms. The summed E-state index contributed by atoms with van der Waals surface area (Å²) in [5.74, 6) is -2.75. The minimum atomic E-state index is -3.59. The van der Waals surface area contributed by atoms with Crippen LogP contribution in [-0.2, 0) is 26.3 Å². The second-order valence-electron chi connectivity index (χ2n) is 11.2. The van der Waals surface area contributed by atoms with E-state index in [0.29, 0.717) is 40.1 Å². The topological polar surface area (TPSA) is 151 Å². The molecule has 3 N–H and O–H groups in total. The van der Waals surface area contributed by atoms with Crippen LogP contribution in [0.25, 0.3) is 0 Å². The van der Waals surface area contributed by atoms with Gasteiger partial charge in [-0.3, -0.25) is 14.4 Å². The maximum absolute atomic E-state index is 14.3. The highest BCUT2D eigenvalue weighted by Gasteiger charge is 2.49. The number of hydrogen-bond donors (Lipinski definition) is 3. The van der Waals surface area contributed by atoms with E-state index in [1.165, 1.54) is 19.2 Å². The van der Waals surface area contributed by atoms with Gasteiger partial charge in [-0.2, -0.15) is 0 Å². The number of nitrogens with one attached hydrogen (secondary N) is 2. The number of halogens is 1. The van der Waals surface area contributed by atoms with Crippen LogP contribution in [0.15, 0.2) is 66.7 Å². The van der Waals surface area contributed by atoms with Crippen LogP contribution < -0.4 is 14.9 Å². The van der Waals surface area contributed by atoms with E-state index >= 15 is 0 Å². The van der Waals surface area contributed by atoms with E-state index in [9.17, 15) is 27.9 Å². The Morgan fingerprint density at radius 1 is 1.04 bits per heavy atom. The number of ether oxygens (including phenoxy) is 1. The van der Waals surface area contributed by atoms with E-state index in [1.54, 1.807) is 59.5 Å². The maximum atomic E-state index is 14.3. The Morgan fingerprint density at radius 2 is 1.76 bits per heavy atom. The van der Waals surface area contributed by atoms with Crippen LogP contribution in [0.5, 0.6) is 5.75 Å². The molecule has 1 fully saturated rings. The van der Waals surface area contributed by atoms with E-state index in [4.69, 9.17) is 21.2 Å². The first-order chi connectivity index (χ1) is 21.5. The quantitative estimate of drug-likeness (QED) is 0.271. The second kappa shape index (κ2) is 13.6. The van der Waals surface area contributed by atoms with Crippen LogP contribution in [0.1, 0.15) is 75.0 Å². The number of carboxylic acids is 1. The van der Waals surface area contributed by atoms with Gasteiger partial charge in [0.15, 0.2) is 0 Å². The molecular weight excluding hydrogens is 622 g/mol. The van der Waals surface area contributed by atoms with Gasteiger partial charge in [-0.1, -0.05) is 60.8 Å². The Hall–Kier alpha value is -3.97. The molecule has 1 aliphatic carbocycles. The van der Waals surface area contributed by atoms with Crippen LogP contribution in [0.3, 0.4) is 0 Å². The zero-order valence-electron chi connectivity index (χ0n) is 24.7. The van der Waals surface area contributed by atoms with Gasteiger partial charge in [0.25, 0.3) is 11.8 Å². The summed E-state index contributed by atoms with van der Waals surface area (Å²) in [7, 11) is -2.22. The Kier molecular flexibility index (Phi) is 9.78. The Labute approximate surface area is 266 Å². The highest BCUT2D eigenvalue weighted by Crippen LogP contribution is 2.46. The Balaban J connectivity index is 1.52. The number of methoxy groups -OCH3 is 1. The number of hydrogen-bond acceptors (Lipinski definition) is 7. The molecule has 1 saturated carbocycles. The summed E-state index contributed by atoms with van der Waals surface area (Å²) < 4.78 is 32.5. The van der Waals surface area contributed by atoms with Crippen molar-refractivity contribution in [1.82, 2.24) is 15.1 Å². The fraction of sp³-hybridized carbons (Fsp3) is 0.344. The third-order valence-corrected chi connectivity index (χ3v) is 9.21. The molecule has 238 valence electrons. The summed E-state index contributed by atoms with van der Waals surface area (Å²) in [6.45, 7) is -0.137. The van der Waals surface area contributed by atoms with Crippen molar-refractivity contribution in [1.29, 1.82) is 0 Å². The molecule has 3 aromatic carbocycles. The predicted molar refractivity (Wildman–Crippen MR) is 166 cm³/mol. The number of aromatic carboxylic acids is 1. The summed E-state index contributed by atoms with van der Waals surface area (Å²) in [5, 5.41) is 10.00. The van der Waals surface area contributed by atoms with Crippen molar-refractivity contribution in [2.45, 2.75) is 56.3 Å². The van der Waals surface area contributed by atoms with Gasteiger partial charge in [-0.05, 0) is 59.9 Å². The van der Waals surface area contributed by atoms with Crippen LogP contribution >= 0.6 is 11.6 Å². The Morgan fingerprint density at radius 3 is 2.44 bits per heavy atom. The standard InChI is InChI=1S/C32H34ClN3O8S/c1-43-27-16-11-19(17-24(27)32(39)40)18-44-34-30(37)28-22-7-3-4-8-23(22)31(38)36(29(28)20-12-14-21(33)15-13-20)26-10-6-5-9-25(26)35-45(2,41)42/h3-4,7-8,11-17,25-26,28-29,35H,5-6,9-10,18H2,1-2H3,(H,34,37)(H,39,40)/t25-,26-,28+,29-/m0/s1. The lowest BCUT2D eigenvalue weighted by atomic mass is 9.76. The predicted octanol–water partition coefficient (Wildman–Crippen LogP) is 4.44. The minimum Gasteiger partial charge on any atom is -0.496 e. The smallest absolute Gasteiger partial charge is 0.339 e. The summed E-state index contributed by atoms with van der Waals surface area (Å²) >= 11 is 6.22. The molecule has 0 unspecified atom stereocenters. The van der Waals surface area contributed by atoms with E-state index in [2.05, 4.69) is 10.2 Å². The molecule has 0 aromatic heterocycles. The fourth-order valence-corrected chi connectivity index (χ4v) is 7.29. The summed E-state index contributed by atoms with van der Waals surface area (Å²) in [6.07, 6.45) is 3.75. The average Bonchev–Trinajstić information content (AvgIpc) is 3.01. The third-order valence-electron chi connectivity index (χ3n) is 8.23. The summed E-state index contributed by atoms with van der Waals surface area (Å²) in [5.41, 5.74) is 4.45. The van der Waals surface area contributed by atoms with Crippen LogP contribution in [-0.4, -0.2) is 61.7 Å². The number of fused-ring (bicyclic) bond motifs is 1. The number of amides is 2. The van der Waals surface area contributed by atoms with Gasteiger partial charge in [0, 0.05) is 22.7 Å². The molecular formula is C32H34ClN3O8S. The number of carbonyl (C=O) groups is 3. The first-order valence-corrected chi connectivity index (χ1v) is 16.7. The number of hydroxylamine groups is 1. The molecule has 45 heavy (non-hydrogen) atoms. The van der Waals surface area contributed by atoms with Crippen LogP contribution in [0.2, 0.25) is 5.02 Å². The lowest BCUT2D eigenvalue weighted by molar-refractivity contribution is -0.138.